The van der Waals surface area contributed by atoms with E-state index in [1.807, 2.05) is 25.3 Å². The molecule has 0 aliphatic carbocycles. The standard InChI is InChI=1S/C12H18N8S/c1-18(2)9-14-10(19-6-4-5-7-19)16-11(15-9)20-8-13-12(17-20)21-3/h8H,4-7H2,1-3H3. The minimum Gasteiger partial charge on any atom is -0.347 e. The molecule has 9 heteroatoms. The fourth-order valence-corrected chi connectivity index (χ4v) is 2.46. The van der Waals surface area contributed by atoms with Gasteiger partial charge in [-0.15, -0.1) is 5.10 Å². The predicted molar refractivity (Wildman–Crippen MR) is 82.3 cm³/mol. The molecule has 1 fully saturated rings. The number of aromatic nitrogens is 6. The van der Waals surface area contributed by atoms with E-state index in [0.717, 1.165) is 13.1 Å². The summed E-state index contributed by atoms with van der Waals surface area (Å²) >= 11 is 1.49. The Morgan fingerprint density at radius 1 is 1.10 bits per heavy atom. The molecule has 3 rings (SSSR count). The lowest BCUT2D eigenvalue weighted by molar-refractivity contribution is 0.752. The molecule has 2 aromatic rings. The van der Waals surface area contributed by atoms with E-state index in [4.69, 9.17) is 0 Å². The summed E-state index contributed by atoms with van der Waals surface area (Å²) in [5.74, 6) is 1.84. The highest BCUT2D eigenvalue weighted by Gasteiger charge is 2.19. The summed E-state index contributed by atoms with van der Waals surface area (Å²) in [7, 11) is 3.84. The first-order valence-corrected chi connectivity index (χ1v) is 8.04. The number of thioether (sulfide) groups is 1. The van der Waals surface area contributed by atoms with E-state index < -0.39 is 0 Å². The molecule has 8 nitrogen and oxygen atoms in total. The number of nitrogens with zero attached hydrogens (tertiary/aromatic N) is 8. The van der Waals surface area contributed by atoms with E-state index in [1.165, 1.54) is 24.6 Å². The van der Waals surface area contributed by atoms with Crippen LogP contribution in [-0.4, -0.2) is 63.2 Å². The van der Waals surface area contributed by atoms with Crippen molar-refractivity contribution in [1.29, 1.82) is 0 Å². The van der Waals surface area contributed by atoms with Crippen molar-refractivity contribution < 1.29 is 0 Å². The second-order valence-corrected chi connectivity index (χ2v) is 5.77. The zero-order valence-corrected chi connectivity index (χ0v) is 13.2. The summed E-state index contributed by atoms with van der Waals surface area (Å²) in [5, 5.41) is 5.04. The Labute approximate surface area is 127 Å². The summed E-state index contributed by atoms with van der Waals surface area (Å²) in [4.78, 5) is 21.8. The average Bonchev–Trinajstić information content (AvgIpc) is 3.18. The Morgan fingerprint density at radius 2 is 1.81 bits per heavy atom. The number of hydrogen-bond donors (Lipinski definition) is 0. The minimum atomic E-state index is 0.503. The molecule has 21 heavy (non-hydrogen) atoms. The zero-order valence-electron chi connectivity index (χ0n) is 12.4. The maximum Gasteiger partial charge on any atom is 0.258 e. The second kappa shape index (κ2) is 5.84. The van der Waals surface area contributed by atoms with Crippen LogP contribution >= 0.6 is 11.8 Å². The molecule has 0 saturated carbocycles. The highest BCUT2D eigenvalue weighted by Crippen LogP contribution is 2.19. The van der Waals surface area contributed by atoms with Crippen LogP contribution in [0.15, 0.2) is 11.5 Å². The zero-order chi connectivity index (χ0) is 14.8. The Hall–Kier alpha value is -1.90. The fourth-order valence-electron chi connectivity index (χ4n) is 2.14. The molecule has 3 heterocycles. The largest absolute Gasteiger partial charge is 0.347 e. The SMILES string of the molecule is CSc1ncn(-c2nc(N(C)C)nc(N3CCCC3)n2)n1. The number of rotatable bonds is 4. The second-order valence-electron chi connectivity index (χ2n) is 5.00. The van der Waals surface area contributed by atoms with Crippen LogP contribution in [0.5, 0.6) is 0 Å². The fraction of sp³-hybridized carbons (Fsp3) is 0.583. The first-order chi connectivity index (χ1) is 10.2. The van der Waals surface area contributed by atoms with Crippen LogP contribution in [0.1, 0.15) is 12.8 Å². The van der Waals surface area contributed by atoms with Gasteiger partial charge in [0.1, 0.15) is 6.33 Å². The van der Waals surface area contributed by atoms with Crippen molar-refractivity contribution in [2.24, 2.45) is 0 Å². The van der Waals surface area contributed by atoms with E-state index in [9.17, 15) is 0 Å². The number of anilines is 2. The minimum absolute atomic E-state index is 0.503. The first-order valence-electron chi connectivity index (χ1n) is 6.82. The van der Waals surface area contributed by atoms with Crippen molar-refractivity contribution >= 4 is 23.7 Å². The molecule has 2 aromatic heterocycles. The molecule has 0 amide bonds. The van der Waals surface area contributed by atoms with Gasteiger partial charge in [0.05, 0.1) is 0 Å². The summed E-state index contributed by atoms with van der Waals surface area (Å²) in [6.45, 7) is 1.98. The molecule has 0 spiro atoms. The molecule has 0 unspecified atom stereocenters. The third-order valence-corrected chi connectivity index (χ3v) is 3.80. The van der Waals surface area contributed by atoms with Crippen LogP contribution in [0.2, 0.25) is 0 Å². The molecule has 0 atom stereocenters. The Bertz CT molecular complexity index is 619. The lowest BCUT2D eigenvalue weighted by Gasteiger charge is -2.18. The van der Waals surface area contributed by atoms with Gasteiger partial charge in [0, 0.05) is 27.2 Å². The van der Waals surface area contributed by atoms with Crippen LogP contribution in [0.3, 0.4) is 0 Å². The van der Waals surface area contributed by atoms with Crippen molar-refractivity contribution in [2.45, 2.75) is 18.0 Å². The van der Waals surface area contributed by atoms with Crippen LogP contribution in [0.4, 0.5) is 11.9 Å². The van der Waals surface area contributed by atoms with E-state index in [1.54, 1.807) is 11.0 Å². The Balaban J connectivity index is 2.02. The average molecular weight is 306 g/mol. The molecular formula is C12H18N8S. The van der Waals surface area contributed by atoms with Crippen LogP contribution < -0.4 is 9.80 Å². The summed E-state index contributed by atoms with van der Waals surface area (Å²) in [6.07, 6.45) is 5.93. The summed E-state index contributed by atoms with van der Waals surface area (Å²) in [6, 6.07) is 0. The van der Waals surface area contributed by atoms with Crippen LogP contribution in [0, 0.1) is 0 Å². The van der Waals surface area contributed by atoms with Crippen molar-refractivity contribution in [2.75, 3.05) is 43.2 Å². The van der Waals surface area contributed by atoms with Crippen molar-refractivity contribution in [3.63, 3.8) is 0 Å². The molecule has 0 radical (unpaired) electrons. The predicted octanol–water partition coefficient (Wildman–Crippen LogP) is 0.840. The van der Waals surface area contributed by atoms with Gasteiger partial charge < -0.3 is 9.80 Å². The smallest absolute Gasteiger partial charge is 0.258 e. The highest BCUT2D eigenvalue weighted by atomic mass is 32.2. The first kappa shape index (κ1) is 14.1. The summed E-state index contributed by atoms with van der Waals surface area (Å²) < 4.78 is 1.60. The van der Waals surface area contributed by atoms with Crippen molar-refractivity contribution in [3.8, 4) is 5.95 Å². The Kier molecular flexibility index (Phi) is 3.91. The van der Waals surface area contributed by atoms with Crippen molar-refractivity contribution in [1.82, 2.24) is 29.7 Å². The molecule has 112 valence electrons. The van der Waals surface area contributed by atoms with Gasteiger partial charge in [-0.2, -0.15) is 19.6 Å². The lowest BCUT2D eigenvalue weighted by Crippen LogP contribution is -2.24. The van der Waals surface area contributed by atoms with E-state index >= 15 is 0 Å². The van der Waals surface area contributed by atoms with E-state index in [0.29, 0.717) is 23.0 Å². The van der Waals surface area contributed by atoms with Gasteiger partial charge in [-0.05, 0) is 19.1 Å². The summed E-state index contributed by atoms with van der Waals surface area (Å²) in [5.41, 5.74) is 0. The molecule has 1 saturated heterocycles. The van der Waals surface area contributed by atoms with Crippen LogP contribution in [-0.2, 0) is 0 Å². The monoisotopic (exact) mass is 306 g/mol. The maximum atomic E-state index is 4.54. The molecule has 1 aliphatic rings. The normalized spacial score (nSPS) is 14.7. The quantitative estimate of drug-likeness (QED) is 0.769. The van der Waals surface area contributed by atoms with Gasteiger partial charge in [0.2, 0.25) is 17.1 Å². The van der Waals surface area contributed by atoms with Crippen LogP contribution in [0.25, 0.3) is 5.95 Å². The lowest BCUT2D eigenvalue weighted by atomic mass is 10.4. The van der Waals surface area contributed by atoms with Gasteiger partial charge in [-0.25, -0.2) is 4.98 Å². The number of hydrogen-bond acceptors (Lipinski definition) is 8. The molecular weight excluding hydrogens is 288 g/mol. The molecule has 0 aromatic carbocycles. The third kappa shape index (κ3) is 2.92. The van der Waals surface area contributed by atoms with Gasteiger partial charge in [0.25, 0.3) is 5.95 Å². The molecule has 0 bridgehead atoms. The van der Waals surface area contributed by atoms with Gasteiger partial charge in [-0.3, -0.25) is 0 Å². The topological polar surface area (TPSA) is 75.9 Å². The third-order valence-electron chi connectivity index (χ3n) is 3.25. The molecule has 1 aliphatic heterocycles. The van der Waals surface area contributed by atoms with Crippen molar-refractivity contribution in [3.05, 3.63) is 6.33 Å². The van der Waals surface area contributed by atoms with Gasteiger partial charge in [0.15, 0.2) is 0 Å². The van der Waals surface area contributed by atoms with E-state index in [-0.39, 0.29) is 0 Å². The maximum absolute atomic E-state index is 4.54. The van der Waals surface area contributed by atoms with E-state index in [2.05, 4.69) is 29.9 Å². The Morgan fingerprint density at radius 3 is 2.43 bits per heavy atom. The highest BCUT2D eigenvalue weighted by molar-refractivity contribution is 7.98. The van der Waals surface area contributed by atoms with Gasteiger partial charge >= 0.3 is 0 Å². The van der Waals surface area contributed by atoms with Gasteiger partial charge in [-0.1, -0.05) is 11.8 Å². The molecule has 0 N–H and O–H groups in total.